The molecule has 13 heteroatoms. The van der Waals surface area contributed by atoms with E-state index in [1.54, 1.807) is 29.2 Å². The number of benzene rings is 1. The van der Waals surface area contributed by atoms with Gasteiger partial charge >= 0.3 is 6.03 Å². The molecule has 1 aromatic rings. The van der Waals surface area contributed by atoms with Crippen LogP contribution in [0.2, 0.25) is 0 Å². The summed E-state index contributed by atoms with van der Waals surface area (Å²) in [5.41, 5.74) is -0.176. The zero-order valence-corrected chi connectivity index (χ0v) is 33.3. The first kappa shape index (κ1) is 40.2. The fraction of sp³-hybridized carbons (Fsp3) is 0.614. The number of Topliss-reactive ketones (excluding diaryl/α,β-unsaturated/α-hetero) is 1. The highest BCUT2D eigenvalue weighted by Crippen LogP contribution is 2.85. The molecule has 2 aliphatic heterocycles. The van der Waals surface area contributed by atoms with E-state index >= 15 is 4.79 Å². The van der Waals surface area contributed by atoms with Crippen LogP contribution in [0.3, 0.4) is 0 Å². The first-order valence-electron chi connectivity index (χ1n) is 20.8. The van der Waals surface area contributed by atoms with Crippen molar-refractivity contribution in [2.24, 2.45) is 40.4 Å². The van der Waals surface area contributed by atoms with Crippen molar-refractivity contribution < 1.29 is 33.6 Å². The highest BCUT2D eigenvalue weighted by atomic mass is 16.2. The normalized spacial score (nSPS) is 30.4. The monoisotopic (exact) mass is 780 g/mol. The summed E-state index contributed by atoms with van der Waals surface area (Å²) in [7, 11) is 0. The molecule has 1 saturated heterocycles. The van der Waals surface area contributed by atoms with Crippen LogP contribution < -0.4 is 21.3 Å². The zero-order chi connectivity index (χ0) is 40.8. The summed E-state index contributed by atoms with van der Waals surface area (Å²) in [6.07, 6.45) is 13.8. The Morgan fingerprint density at radius 1 is 0.965 bits per heavy atom. The number of nitrogens with zero attached hydrogens (tertiary/aromatic N) is 2. The maximum Gasteiger partial charge on any atom is 0.315 e. The number of terminal acetylenes is 1. The molecule has 8 atom stereocenters. The van der Waals surface area contributed by atoms with Crippen molar-refractivity contribution >= 4 is 41.4 Å². The summed E-state index contributed by atoms with van der Waals surface area (Å²) in [6, 6.07) is 2.59. The third-order valence-electron chi connectivity index (χ3n) is 14.7. The second-order valence-corrected chi connectivity index (χ2v) is 17.6. The van der Waals surface area contributed by atoms with E-state index in [-0.39, 0.29) is 60.9 Å². The van der Waals surface area contributed by atoms with Crippen molar-refractivity contribution in [1.29, 1.82) is 0 Å². The summed E-state index contributed by atoms with van der Waals surface area (Å²) in [5, 5.41) is 11.5. The number of fused-ring (bicyclic) bond motifs is 3. The largest absolute Gasteiger partial charge is 0.346 e. The maximum absolute atomic E-state index is 15.1. The van der Waals surface area contributed by atoms with Crippen LogP contribution in [0, 0.1) is 52.8 Å². The lowest BCUT2D eigenvalue weighted by Crippen LogP contribution is -2.63. The fourth-order valence-electron chi connectivity index (χ4n) is 11.5. The number of carbonyl (C=O) groups is 7. The van der Waals surface area contributed by atoms with E-state index in [1.165, 1.54) is 11.0 Å². The van der Waals surface area contributed by atoms with E-state index in [1.807, 2.05) is 6.92 Å². The lowest BCUT2D eigenvalue weighted by molar-refractivity contribution is -0.145. The Balaban J connectivity index is 1.13. The topological polar surface area (TPSA) is 174 Å². The van der Waals surface area contributed by atoms with E-state index < -0.39 is 53.2 Å². The van der Waals surface area contributed by atoms with Gasteiger partial charge in [0.15, 0.2) is 0 Å². The highest BCUT2D eigenvalue weighted by Gasteiger charge is 2.85. The molecule has 6 aliphatic rings. The van der Waals surface area contributed by atoms with Gasteiger partial charge in [-0.3, -0.25) is 33.7 Å². The Morgan fingerprint density at radius 2 is 1.63 bits per heavy atom. The number of amides is 7. The minimum absolute atomic E-state index is 0.0176. The molecular weight excluding hydrogens is 725 g/mol. The molecule has 7 rings (SSSR count). The number of carbonyl (C=O) groups excluding carboxylic acids is 7. The molecule has 0 radical (unpaired) electrons. The Bertz CT molecular complexity index is 1850. The first-order chi connectivity index (χ1) is 27.3. The number of imide groups is 1. The van der Waals surface area contributed by atoms with Crippen LogP contribution >= 0.6 is 0 Å². The van der Waals surface area contributed by atoms with Crippen molar-refractivity contribution in [3.63, 3.8) is 0 Å². The Kier molecular flexibility index (Phi) is 11.1. The molecule has 4 N–H and O–H groups in total. The Morgan fingerprint density at radius 3 is 2.23 bits per heavy atom. The van der Waals surface area contributed by atoms with Gasteiger partial charge in [0.05, 0.1) is 29.8 Å². The van der Waals surface area contributed by atoms with E-state index in [9.17, 15) is 28.8 Å². The number of hydrogen-bond donors (Lipinski definition) is 4. The average molecular weight is 781 g/mol. The van der Waals surface area contributed by atoms with Crippen LogP contribution in [-0.2, 0) is 19.2 Å². The van der Waals surface area contributed by atoms with Crippen molar-refractivity contribution in [1.82, 2.24) is 31.1 Å². The number of likely N-dealkylation sites (tertiary alicyclic amines) is 1. The molecule has 0 aromatic heterocycles. The van der Waals surface area contributed by atoms with Gasteiger partial charge in [-0.25, -0.2) is 4.79 Å². The standard InChI is InChI=1S/C44H56N6O7/c1-6-8-19-31(35(51)38(53)45-22-7-2)46-37(52)34-28-18-14-15-27(28)23-49(34)41(56)36(43(5)20-12-9-13-21-43)48-42(57)47-32(44-25(3)33(44)26(44)4)24-50-39(54)29-16-10-11-17-30(29)40(50)55/h1,7,10-11,16-17,25-28,31-34,36H,2,8-9,12-15,18-24H2,3-5H3,(H,45,53)(H,46,52)(H2,47,48,57)/t25?,26?,27-,28-,31?,32+,33?,34-,36+,44?/m0/s1. The lowest BCUT2D eigenvalue weighted by Gasteiger charge is -2.43. The van der Waals surface area contributed by atoms with Gasteiger partial charge in [-0.1, -0.05) is 64.7 Å². The molecule has 57 heavy (non-hydrogen) atoms. The van der Waals surface area contributed by atoms with Crippen LogP contribution in [-0.4, -0.2) is 95.0 Å². The highest BCUT2D eigenvalue weighted by molar-refractivity contribution is 6.38. The van der Waals surface area contributed by atoms with Gasteiger partial charge < -0.3 is 26.2 Å². The molecule has 304 valence electrons. The third-order valence-corrected chi connectivity index (χ3v) is 14.7. The Hall–Kier alpha value is -4.99. The second kappa shape index (κ2) is 15.7. The molecule has 13 nitrogen and oxygen atoms in total. The second-order valence-electron chi connectivity index (χ2n) is 17.6. The van der Waals surface area contributed by atoms with E-state index in [2.05, 4.69) is 47.6 Å². The van der Waals surface area contributed by atoms with Crippen LogP contribution in [0.25, 0.3) is 0 Å². The van der Waals surface area contributed by atoms with Gasteiger partial charge in [-0.05, 0) is 79.2 Å². The van der Waals surface area contributed by atoms with Crippen LogP contribution in [0.5, 0.6) is 0 Å². The Labute approximate surface area is 334 Å². The molecule has 7 amide bonds. The van der Waals surface area contributed by atoms with E-state index in [0.29, 0.717) is 48.3 Å². The van der Waals surface area contributed by atoms with Crippen LogP contribution in [0.15, 0.2) is 36.9 Å². The van der Waals surface area contributed by atoms with Crippen molar-refractivity contribution in [2.45, 2.75) is 109 Å². The smallest absolute Gasteiger partial charge is 0.315 e. The molecule has 1 aromatic carbocycles. The summed E-state index contributed by atoms with van der Waals surface area (Å²) < 4.78 is 0. The van der Waals surface area contributed by atoms with Gasteiger partial charge in [0, 0.05) is 24.9 Å². The summed E-state index contributed by atoms with van der Waals surface area (Å²) in [6.45, 7) is 10.3. The van der Waals surface area contributed by atoms with Gasteiger partial charge in [0.2, 0.25) is 17.6 Å². The number of nitrogens with one attached hydrogen (secondary N) is 4. The predicted molar refractivity (Wildman–Crippen MR) is 211 cm³/mol. The minimum Gasteiger partial charge on any atom is -0.346 e. The number of ketones is 1. The van der Waals surface area contributed by atoms with Crippen LogP contribution in [0.1, 0.15) is 106 Å². The lowest BCUT2D eigenvalue weighted by atomic mass is 9.70. The summed E-state index contributed by atoms with van der Waals surface area (Å²) in [4.78, 5) is 99.4. The first-order valence-corrected chi connectivity index (χ1v) is 20.8. The summed E-state index contributed by atoms with van der Waals surface area (Å²) >= 11 is 0. The molecule has 4 saturated carbocycles. The zero-order valence-electron chi connectivity index (χ0n) is 33.3. The van der Waals surface area contributed by atoms with Crippen molar-refractivity contribution in [3.8, 4) is 12.3 Å². The summed E-state index contributed by atoms with van der Waals surface area (Å²) in [5.74, 6) is 0.0478. The molecule has 2 heterocycles. The van der Waals surface area contributed by atoms with Gasteiger partial charge in [0.25, 0.3) is 17.7 Å². The third kappa shape index (κ3) is 7.03. The maximum atomic E-state index is 15.1. The average Bonchev–Trinajstić information content (AvgIpc) is 3.76. The molecule has 5 fully saturated rings. The molecule has 4 aliphatic carbocycles. The fourth-order valence-corrected chi connectivity index (χ4v) is 11.5. The number of hydrogen-bond acceptors (Lipinski definition) is 7. The van der Waals surface area contributed by atoms with E-state index in [4.69, 9.17) is 6.42 Å². The number of rotatable bonds is 15. The van der Waals surface area contributed by atoms with Crippen LogP contribution in [0.4, 0.5) is 4.79 Å². The van der Waals surface area contributed by atoms with Crippen molar-refractivity contribution in [2.75, 3.05) is 19.6 Å². The SMILES string of the molecule is C#CCCC(NC(=O)[C@@H]1[C@H]2CCC[C@H]2CN1C(=O)[C@@H](NC(=O)N[C@H](CN1C(=O)c2ccccc2C1=O)C12C(C)C1C2C)C1(C)CCCCC1)C(=O)C(=O)NCC=C. The van der Waals surface area contributed by atoms with Gasteiger partial charge in [-0.2, -0.15) is 0 Å². The van der Waals surface area contributed by atoms with E-state index in [0.717, 1.165) is 38.5 Å². The predicted octanol–water partition coefficient (Wildman–Crippen LogP) is 3.59. The van der Waals surface area contributed by atoms with Crippen molar-refractivity contribution in [3.05, 3.63) is 48.0 Å². The minimum atomic E-state index is -1.18. The molecule has 0 bridgehead atoms. The molecule has 0 spiro atoms. The molecule has 3 unspecified atom stereocenters. The van der Waals surface area contributed by atoms with Gasteiger partial charge in [-0.15, -0.1) is 18.9 Å². The molecular formula is C44H56N6O7. The quantitative estimate of drug-likeness (QED) is 0.0912. The number of urea groups is 1. The van der Waals surface area contributed by atoms with Gasteiger partial charge in [0.1, 0.15) is 12.1 Å².